The Labute approximate surface area is 37.4 Å². The van der Waals surface area contributed by atoms with E-state index in [4.69, 9.17) is 4.43 Å². The van der Waals surface area contributed by atoms with Crippen molar-refractivity contribution in [2.75, 3.05) is 0 Å². The molecule has 0 aromatic heterocycles. The van der Waals surface area contributed by atoms with Crippen LogP contribution in [-0.2, 0) is 4.43 Å². The normalized spacial score (nSPS) is 10.2. The van der Waals surface area contributed by atoms with Crippen molar-refractivity contribution in [1.82, 2.24) is 0 Å². The zero-order valence-corrected chi connectivity index (χ0v) is 5.99. The van der Waals surface area contributed by atoms with Gasteiger partial charge in [-0.1, -0.05) is 0 Å². The molecule has 0 aliphatic rings. The lowest BCUT2D eigenvalue weighted by Crippen LogP contribution is -1.95. The van der Waals surface area contributed by atoms with Crippen LogP contribution in [0.15, 0.2) is 0 Å². The SMILES string of the molecule is CC(C)O[SiH3].[H]. The van der Waals surface area contributed by atoms with Crippen molar-refractivity contribution in [3.63, 3.8) is 0 Å². The van der Waals surface area contributed by atoms with Crippen LogP contribution >= 0.6 is 0 Å². The summed E-state index contributed by atoms with van der Waals surface area (Å²) < 4.78 is 4.89. The smallest absolute Gasteiger partial charge is 0.146 e. The van der Waals surface area contributed by atoms with Crippen LogP contribution in [0, 0.1) is 0 Å². The molecule has 0 unspecified atom stereocenters. The van der Waals surface area contributed by atoms with E-state index in [1.54, 1.807) is 0 Å². The highest BCUT2D eigenvalue weighted by Gasteiger charge is 1.77. The Bertz CT molecular complexity index is 24.8. The summed E-state index contributed by atoms with van der Waals surface area (Å²) in [4.78, 5) is 0. The molecule has 1 nitrogen and oxygen atoms in total. The molecule has 0 spiro atoms. The summed E-state index contributed by atoms with van der Waals surface area (Å²) in [5.74, 6) is 0. The monoisotopic (exact) mass is 91.1 g/mol. The van der Waals surface area contributed by atoms with Gasteiger partial charge in [0.25, 0.3) is 0 Å². The van der Waals surface area contributed by atoms with E-state index in [1.165, 1.54) is 0 Å². The predicted octanol–water partition coefficient (Wildman–Crippen LogP) is -0.196. The molecule has 0 saturated carbocycles. The molecule has 0 bridgehead atoms. The van der Waals surface area contributed by atoms with Gasteiger partial charge in [-0.05, 0) is 13.8 Å². The van der Waals surface area contributed by atoms with Crippen LogP contribution in [0.2, 0.25) is 0 Å². The third kappa shape index (κ3) is 4.18. The zero-order chi connectivity index (χ0) is 4.28. The Morgan fingerprint density at radius 3 is 2.00 bits per heavy atom. The molecule has 0 saturated heterocycles. The van der Waals surface area contributed by atoms with E-state index in [2.05, 4.69) is 0 Å². The van der Waals surface area contributed by atoms with E-state index in [0.717, 1.165) is 10.5 Å². The third-order valence-electron chi connectivity index (χ3n) is 0.471. The van der Waals surface area contributed by atoms with Gasteiger partial charge >= 0.3 is 0 Å². The Hall–Kier alpha value is 0.177. The summed E-state index contributed by atoms with van der Waals surface area (Å²) in [7, 11) is 0.873. The summed E-state index contributed by atoms with van der Waals surface area (Å²) in [6.45, 7) is 4.07. The van der Waals surface area contributed by atoms with E-state index in [0.29, 0.717) is 6.10 Å². The Kier molecular flexibility index (Phi) is 2.50. The lowest BCUT2D eigenvalue weighted by atomic mass is 10.5. The lowest BCUT2D eigenvalue weighted by Gasteiger charge is -1.95. The van der Waals surface area contributed by atoms with Gasteiger partial charge in [-0.3, -0.25) is 0 Å². The minimum Gasteiger partial charge on any atom is -0.426 e. The van der Waals surface area contributed by atoms with E-state index >= 15 is 0 Å². The van der Waals surface area contributed by atoms with Gasteiger partial charge in [0.05, 0.1) is 0 Å². The molecular formula is C3H11OSi. The summed E-state index contributed by atoms with van der Waals surface area (Å²) in [6.07, 6.45) is 0.446. The number of hydrogen-bond donors (Lipinski definition) is 0. The number of hydrogen-bond acceptors (Lipinski definition) is 1. The number of rotatable bonds is 1. The van der Waals surface area contributed by atoms with Crippen molar-refractivity contribution in [1.29, 1.82) is 0 Å². The van der Waals surface area contributed by atoms with Gasteiger partial charge in [0, 0.05) is 7.53 Å². The summed E-state index contributed by atoms with van der Waals surface area (Å²) in [6, 6.07) is 0. The van der Waals surface area contributed by atoms with Crippen LogP contribution < -0.4 is 0 Å². The van der Waals surface area contributed by atoms with Gasteiger partial charge in [-0.15, -0.1) is 0 Å². The highest BCUT2D eigenvalue weighted by molar-refractivity contribution is 5.98. The van der Waals surface area contributed by atoms with Gasteiger partial charge in [-0.2, -0.15) is 0 Å². The molecule has 0 fully saturated rings. The van der Waals surface area contributed by atoms with Gasteiger partial charge in [0.2, 0.25) is 0 Å². The average Bonchev–Trinajstić information content (AvgIpc) is 1.38. The Morgan fingerprint density at radius 1 is 1.80 bits per heavy atom. The molecular weight excluding hydrogens is 80.1 g/mol. The minimum absolute atomic E-state index is 0. The molecule has 0 rings (SSSR count). The molecule has 0 aliphatic carbocycles. The first kappa shape index (κ1) is 5.18. The zero-order valence-electron chi connectivity index (χ0n) is 4.99. The van der Waals surface area contributed by atoms with E-state index in [-0.39, 0.29) is 1.43 Å². The van der Waals surface area contributed by atoms with Crippen LogP contribution in [0.4, 0.5) is 0 Å². The largest absolute Gasteiger partial charge is 0.426 e. The lowest BCUT2D eigenvalue weighted by molar-refractivity contribution is 0.267. The fourth-order valence-electron chi connectivity index (χ4n) is 0. The van der Waals surface area contributed by atoms with Crippen molar-refractivity contribution in [2.24, 2.45) is 0 Å². The topological polar surface area (TPSA) is 9.23 Å². The van der Waals surface area contributed by atoms with Gasteiger partial charge in [0.15, 0.2) is 0 Å². The fraction of sp³-hybridized carbons (Fsp3) is 1.00. The molecule has 0 aromatic rings. The summed E-state index contributed by atoms with van der Waals surface area (Å²) >= 11 is 0. The summed E-state index contributed by atoms with van der Waals surface area (Å²) in [5, 5.41) is 0. The molecule has 0 heterocycles. The maximum Gasteiger partial charge on any atom is 0.146 e. The Morgan fingerprint density at radius 2 is 2.00 bits per heavy atom. The second kappa shape index (κ2) is 2.42. The van der Waals surface area contributed by atoms with Gasteiger partial charge in [0.1, 0.15) is 10.5 Å². The van der Waals surface area contributed by atoms with Crippen LogP contribution in [0.1, 0.15) is 15.3 Å². The highest BCUT2D eigenvalue weighted by Crippen LogP contribution is 1.76. The second-order valence-electron chi connectivity index (χ2n) is 1.28. The van der Waals surface area contributed by atoms with Crippen LogP contribution in [0.25, 0.3) is 0 Å². The molecule has 0 N–H and O–H groups in total. The third-order valence-corrected chi connectivity index (χ3v) is 1.41. The van der Waals surface area contributed by atoms with E-state index in [1.807, 2.05) is 13.8 Å². The quantitative estimate of drug-likeness (QED) is 0.406. The fourth-order valence-corrected chi connectivity index (χ4v) is 0. The first-order valence-corrected chi connectivity index (χ1v) is 2.62. The molecule has 0 aromatic carbocycles. The van der Waals surface area contributed by atoms with Gasteiger partial charge in [-0.25, -0.2) is 0 Å². The highest BCUT2D eigenvalue weighted by atomic mass is 28.2. The van der Waals surface area contributed by atoms with Crippen molar-refractivity contribution in [2.45, 2.75) is 20.0 Å². The average molecular weight is 91.2 g/mol. The molecule has 1 radical (unpaired) electrons. The first-order valence-electron chi connectivity index (χ1n) is 1.80. The second-order valence-corrected chi connectivity index (χ2v) is 1.76. The maximum absolute atomic E-state index is 4.89. The van der Waals surface area contributed by atoms with E-state index < -0.39 is 0 Å². The van der Waals surface area contributed by atoms with Crippen LogP contribution in [0.5, 0.6) is 0 Å². The molecule has 0 atom stereocenters. The van der Waals surface area contributed by atoms with Crippen molar-refractivity contribution < 1.29 is 5.85 Å². The minimum atomic E-state index is 0. The van der Waals surface area contributed by atoms with Gasteiger partial charge < -0.3 is 4.43 Å². The summed E-state index contributed by atoms with van der Waals surface area (Å²) in [5.41, 5.74) is 0. The predicted molar refractivity (Wildman–Crippen MR) is 27.3 cm³/mol. The molecule has 0 amide bonds. The molecule has 33 valence electrons. The molecule has 0 aliphatic heterocycles. The first-order chi connectivity index (χ1) is 2.27. The Balaban J connectivity index is 0. The standard InChI is InChI=1S/C3H10OSi.H/c1-3(2)4-5;/h3H,1-2,5H3;. The van der Waals surface area contributed by atoms with Crippen LogP contribution in [-0.4, -0.2) is 16.6 Å². The maximum atomic E-state index is 4.89. The molecule has 5 heavy (non-hydrogen) atoms. The molecule has 2 heteroatoms. The van der Waals surface area contributed by atoms with Crippen molar-refractivity contribution in [3.05, 3.63) is 0 Å². The van der Waals surface area contributed by atoms with Crippen LogP contribution in [0.3, 0.4) is 0 Å². The van der Waals surface area contributed by atoms with Crippen molar-refractivity contribution in [3.8, 4) is 0 Å². The van der Waals surface area contributed by atoms with E-state index in [9.17, 15) is 0 Å². The van der Waals surface area contributed by atoms with Crippen molar-refractivity contribution >= 4 is 10.5 Å².